The maximum absolute atomic E-state index is 12.8. The Kier molecular flexibility index (Phi) is 6.36. The molecule has 1 atom stereocenters. The van der Waals surface area contributed by atoms with Gasteiger partial charge in [0, 0.05) is 17.3 Å². The van der Waals surface area contributed by atoms with Gasteiger partial charge in [-0.25, -0.2) is 4.98 Å². The minimum absolute atomic E-state index is 0.00691. The number of carbonyl (C=O) groups excluding carboxylic acids is 2. The number of pyridine rings is 1. The third-order valence-corrected chi connectivity index (χ3v) is 5.94. The Hall–Kier alpha value is -1.68. The van der Waals surface area contributed by atoms with Crippen LogP contribution in [0, 0.1) is 6.92 Å². The first-order valence-corrected chi connectivity index (χ1v) is 10.5. The van der Waals surface area contributed by atoms with Crippen LogP contribution in [-0.4, -0.2) is 43.7 Å². The molecule has 0 aliphatic rings. The molecule has 0 unspecified atom stereocenters. The van der Waals surface area contributed by atoms with Gasteiger partial charge in [-0.15, -0.1) is 21.5 Å². The second-order valence-corrected chi connectivity index (χ2v) is 8.13. The first kappa shape index (κ1) is 20.1. The number of carbonyl (C=O) groups is 2. The van der Waals surface area contributed by atoms with E-state index in [1.165, 1.54) is 11.3 Å². The minimum atomic E-state index is -1.05. The van der Waals surface area contributed by atoms with Gasteiger partial charge in [-0.3, -0.25) is 14.0 Å². The molecule has 0 aliphatic heterocycles. The molecule has 27 heavy (non-hydrogen) atoms. The van der Waals surface area contributed by atoms with Crippen LogP contribution < -0.4 is 0 Å². The number of thioether (sulfide) groups is 1. The molecule has 0 aliphatic carbocycles. The van der Waals surface area contributed by atoms with E-state index in [4.69, 9.17) is 27.9 Å². The van der Waals surface area contributed by atoms with Crippen molar-refractivity contribution in [1.29, 1.82) is 0 Å². The highest BCUT2D eigenvalue weighted by Crippen LogP contribution is 2.28. The van der Waals surface area contributed by atoms with Crippen molar-refractivity contribution in [1.82, 2.24) is 19.6 Å². The van der Waals surface area contributed by atoms with Crippen molar-refractivity contribution in [2.45, 2.75) is 24.9 Å². The summed E-state index contributed by atoms with van der Waals surface area (Å²) < 4.78 is 6.66. The number of rotatable bonds is 7. The maximum atomic E-state index is 12.8. The lowest BCUT2D eigenvalue weighted by Crippen LogP contribution is -2.25. The van der Waals surface area contributed by atoms with Crippen LogP contribution in [0.25, 0.3) is 5.65 Å². The summed E-state index contributed by atoms with van der Waals surface area (Å²) in [5.41, 5.74) is 1.19. The van der Waals surface area contributed by atoms with Crippen LogP contribution in [0.2, 0.25) is 10.0 Å². The molecule has 3 aromatic heterocycles. The molecule has 0 saturated carbocycles. The zero-order valence-corrected chi connectivity index (χ0v) is 17.5. The molecule has 0 fully saturated rings. The van der Waals surface area contributed by atoms with Crippen molar-refractivity contribution in [2.24, 2.45) is 0 Å². The van der Waals surface area contributed by atoms with Gasteiger partial charge in [0.2, 0.25) is 0 Å². The quantitative estimate of drug-likeness (QED) is 0.311. The second-order valence-electron chi connectivity index (χ2n) is 5.45. The summed E-state index contributed by atoms with van der Waals surface area (Å²) in [6.45, 7) is 3.68. The van der Waals surface area contributed by atoms with E-state index in [1.807, 2.05) is 0 Å². The second kappa shape index (κ2) is 8.55. The number of aryl methyl sites for hydroxylation is 1. The molecule has 0 bridgehead atoms. The maximum Gasteiger partial charge on any atom is 0.323 e. The van der Waals surface area contributed by atoms with Gasteiger partial charge in [-0.2, -0.15) is 0 Å². The molecule has 7 nitrogen and oxygen atoms in total. The van der Waals surface area contributed by atoms with E-state index >= 15 is 0 Å². The average Bonchev–Trinajstić information content (AvgIpc) is 3.20. The number of fused-ring (bicyclic) bond motifs is 1. The van der Waals surface area contributed by atoms with Crippen LogP contribution in [0.1, 0.15) is 23.5 Å². The number of ether oxygens (including phenoxy) is 1. The molecule has 0 radical (unpaired) electrons. The van der Waals surface area contributed by atoms with Gasteiger partial charge in [0.25, 0.3) is 0 Å². The smallest absolute Gasteiger partial charge is 0.323 e. The van der Waals surface area contributed by atoms with Crippen molar-refractivity contribution in [3.8, 4) is 0 Å². The fourth-order valence-electron chi connectivity index (χ4n) is 2.32. The molecule has 0 spiro atoms. The number of nitrogens with zero attached hydrogens (tertiary/aromatic N) is 4. The summed E-state index contributed by atoms with van der Waals surface area (Å²) in [7, 11) is 0. The van der Waals surface area contributed by atoms with E-state index in [2.05, 4.69) is 15.2 Å². The number of ketones is 1. The zero-order valence-electron chi connectivity index (χ0n) is 14.3. The lowest BCUT2D eigenvalue weighted by atomic mass is 10.1. The predicted octanol–water partition coefficient (Wildman–Crippen LogP) is 3.81. The van der Waals surface area contributed by atoms with Crippen LogP contribution in [0.3, 0.4) is 0 Å². The predicted molar refractivity (Wildman–Crippen MR) is 105 cm³/mol. The van der Waals surface area contributed by atoms with Gasteiger partial charge >= 0.3 is 5.97 Å². The van der Waals surface area contributed by atoms with Crippen molar-refractivity contribution < 1.29 is 14.3 Å². The van der Waals surface area contributed by atoms with E-state index in [1.54, 1.807) is 35.9 Å². The first-order valence-electron chi connectivity index (χ1n) is 7.84. The Balaban J connectivity index is 1.81. The van der Waals surface area contributed by atoms with Gasteiger partial charge in [-0.05, 0) is 19.9 Å². The number of halogens is 2. The van der Waals surface area contributed by atoms with Crippen LogP contribution in [-0.2, 0) is 14.3 Å². The summed E-state index contributed by atoms with van der Waals surface area (Å²) in [5.74, 6) is -1.98. The molecule has 142 valence electrons. The van der Waals surface area contributed by atoms with Crippen LogP contribution in [0.5, 0.6) is 0 Å². The average molecular weight is 445 g/mol. The summed E-state index contributed by atoms with van der Waals surface area (Å²) in [6, 6.07) is 1.56. The molecule has 0 aromatic carbocycles. The van der Waals surface area contributed by atoms with E-state index < -0.39 is 11.9 Å². The molecule has 3 rings (SSSR count). The van der Waals surface area contributed by atoms with Crippen molar-refractivity contribution in [2.75, 3.05) is 12.4 Å². The summed E-state index contributed by atoms with van der Waals surface area (Å²) in [6.07, 6.45) is 1.61. The summed E-state index contributed by atoms with van der Waals surface area (Å²) in [5, 5.41) is 11.5. The van der Waals surface area contributed by atoms with Crippen LogP contribution in [0.15, 0.2) is 22.8 Å². The zero-order chi connectivity index (χ0) is 19.6. The Morgan fingerprint density at radius 2 is 2.15 bits per heavy atom. The molecule has 11 heteroatoms. The first-order chi connectivity index (χ1) is 12.9. The van der Waals surface area contributed by atoms with Crippen molar-refractivity contribution in [3.63, 3.8) is 0 Å². The molecule has 0 amide bonds. The van der Waals surface area contributed by atoms with Crippen molar-refractivity contribution >= 4 is 63.7 Å². The Labute approximate surface area is 173 Å². The van der Waals surface area contributed by atoms with Crippen LogP contribution >= 0.6 is 46.3 Å². The third kappa shape index (κ3) is 4.43. The number of hydrogen-bond acceptors (Lipinski definition) is 8. The number of thiazole rings is 1. The van der Waals surface area contributed by atoms with E-state index in [-0.39, 0.29) is 18.1 Å². The molecule has 3 heterocycles. The topological polar surface area (TPSA) is 86.5 Å². The minimum Gasteiger partial charge on any atom is -0.465 e. The fourth-order valence-corrected chi connectivity index (χ4v) is 4.55. The number of Topliss-reactive ketones (excluding diaryl/α,β-unsaturated/α-hetero) is 1. The van der Waals surface area contributed by atoms with Gasteiger partial charge in [0.1, 0.15) is 5.01 Å². The van der Waals surface area contributed by atoms with Crippen molar-refractivity contribution in [3.05, 3.63) is 38.4 Å². The number of esters is 1. The fraction of sp³-hybridized carbons (Fsp3) is 0.312. The van der Waals surface area contributed by atoms with E-state index in [0.29, 0.717) is 25.9 Å². The van der Waals surface area contributed by atoms with Crippen LogP contribution in [0.4, 0.5) is 0 Å². The summed E-state index contributed by atoms with van der Waals surface area (Å²) >= 11 is 14.5. The van der Waals surface area contributed by atoms with Gasteiger partial charge in [-0.1, -0.05) is 35.0 Å². The molecular weight excluding hydrogens is 431 g/mol. The molecule has 0 N–H and O–H groups in total. The normalized spacial score (nSPS) is 12.3. The Bertz CT molecular complexity index is 1000. The third-order valence-electron chi connectivity index (χ3n) is 3.47. The molecule has 3 aromatic rings. The monoisotopic (exact) mass is 444 g/mol. The van der Waals surface area contributed by atoms with Gasteiger partial charge in [0.15, 0.2) is 22.5 Å². The highest BCUT2D eigenvalue weighted by atomic mass is 35.5. The number of aromatic nitrogens is 4. The highest BCUT2D eigenvalue weighted by molar-refractivity contribution is 7.99. The Morgan fingerprint density at radius 1 is 1.37 bits per heavy atom. The lowest BCUT2D eigenvalue weighted by molar-refractivity contribution is -0.147. The SMILES string of the molecule is CCOC(=O)[C@H](C(=O)CSc1nnc2c(Cl)cc(Cl)cn12)c1nc(C)cs1. The van der Waals surface area contributed by atoms with Gasteiger partial charge in [0.05, 0.1) is 22.4 Å². The molecular formula is C16H14Cl2N4O3S2. The Morgan fingerprint density at radius 3 is 2.81 bits per heavy atom. The van der Waals surface area contributed by atoms with E-state index in [9.17, 15) is 9.59 Å². The number of hydrogen-bond donors (Lipinski definition) is 0. The van der Waals surface area contributed by atoms with Gasteiger partial charge < -0.3 is 4.74 Å². The standard InChI is InChI=1S/C16H14Cl2N4O3S2/c1-3-25-15(24)12(14-19-8(2)6-26-14)11(23)7-27-16-21-20-13-10(18)4-9(17)5-22(13)16/h4-6,12H,3,7H2,1-2H3/t12-/m1/s1. The summed E-state index contributed by atoms with van der Waals surface area (Å²) in [4.78, 5) is 29.3. The highest BCUT2D eigenvalue weighted by Gasteiger charge is 2.32. The molecule has 0 saturated heterocycles. The largest absolute Gasteiger partial charge is 0.465 e. The van der Waals surface area contributed by atoms with E-state index in [0.717, 1.165) is 17.5 Å². The lowest BCUT2D eigenvalue weighted by Gasteiger charge is -2.11.